The molecule has 0 bridgehead atoms. The van der Waals surface area contributed by atoms with E-state index in [2.05, 4.69) is 0 Å². The molecule has 2 aliphatic heterocycles. The van der Waals surface area contributed by atoms with Gasteiger partial charge in [0.15, 0.2) is 5.78 Å². The van der Waals surface area contributed by atoms with Gasteiger partial charge in [-0.1, -0.05) is 17.7 Å². The molecule has 1 amide bonds. The fraction of sp³-hybridized carbons (Fsp3) is 0.263. The zero-order valence-corrected chi connectivity index (χ0v) is 14.2. The number of rotatable bonds is 1. The Balaban J connectivity index is 1.70. The largest absolute Gasteiger partial charge is 0.488 e. The number of nitrogens with zero attached hydrogens (tertiary/aromatic N) is 1. The van der Waals surface area contributed by atoms with Crippen LogP contribution in [0.1, 0.15) is 31.8 Å². The minimum Gasteiger partial charge on any atom is -0.488 e. The van der Waals surface area contributed by atoms with Crippen LogP contribution in [0.4, 0.5) is 0 Å². The van der Waals surface area contributed by atoms with Crippen LogP contribution < -0.4 is 4.74 Å². The molecule has 0 spiro atoms. The first-order valence-electron chi connectivity index (χ1n) is 8.10. The maximum absolute atomic E-state index is 12.9. The van der Waals surface area contributed by atoms with Crippen LogP contribution in [0, 0.1) is 0 Å². The van der Waals surface area contributed by atoms with E-state index in [1.54, 1.807) is 41.3 Å². The summed E-state index contributed by atoms with van der Waals surface area (Å²) in [4.78, 5) is 27.3. The predicted molar refractivity (Wildman–Crippen MR) is 92.4 cm³/mol. The maximum Gasteiger partial charge on any atom is 0.254 e. The van der Waals surface area contributed by atoms with E-state index in [9.17, 15) is 9.59 Å². The second-order valence-corrected chi connectivity index (χ2v) is 6.47. The van der Waals surface area contributed by atoms with Gasteiger partial charge in [-0.3, -0.25) is 9.59 Å². The first kappa shape index (κ1) is 16.1. The normalized spacial score (nSPS) is 16.5. The molecule has 1 fully saturated rings. The summed E-state index contributed by atoms with van der Waals surface area (Å²) in [6.45, 7) is 2.47. The number of ether oxygens (including phenoxy) is 2. The average Bonchev–Trinajstić information content (AvgIpc) is 2.78. The summed E-state index contributed by atoms with van der Waals surface area (Å²) in [7, 11) is 0. The van der Waals surface area contributed by atoms with Crippen molar-refractivity contribution in [3.8, 4) is 5.75 Å². The highest BCUT2D eigenvalue weighted by atomic mass is 35.5. The number of carbonyl (C=O) groups excluding carboxylic acids is 2. The summed E-state index contributed by atoms with van der Waals surface area (Å²) in [5, 5.41) is 0.515. The minimum atomic E-state index is -0.157. The van der Waals surface area contributed by atoms with E-state index in [0.29, 0.717) is 53.8 Å². The highest BCUT2D eigenvalue weighted by Crippen LogP contribution is 2.31. The second-order valence-electron chi connectivity index (χ2n) is 6.03. The Morgan fingerprint density at radius 2 is 1.84 bits per heavy atom. The number of hydrogen-bond acceptors (Lipinski definition) is 4. The maximum atomic E-state index is 12.9. The first-order chi connectivity index (χ1) is 12.1. The molecule has 2 aromatic carbocycles. The van der Waals surface area contributed by atoms with Crippen LogP contribution >= 0.6 is 11.6 Å². The third-order valence-electron chi connectivity index (χ3n) is 4.47. The summed E-state index contributed by atoms with van der Waals surface area (Å²) < 4.78 is 11.0. The molecule has 25 heavy (non-hydrogen) atoms. The van der Waals surface area contributed by atoms with Gasteiger partial charge in [-0.15, -0.1) is 0 Å². The fourth-order valence-electron chi connectivity index (χ4n) is 3.10. The van der Waals surface area contributed by atoms with Gasteiger partial charge in [0.25, 0.3) is 5.91 Å². The highest BCUT2D eigenvalue weighted by Gasteiger charge is 2.25. The molecule has 2 aromatic rings. The van der Waals surface area contributed by atoms with Crippen molar-refractivity contribution in [3.05, 3.63) is 63.7 Å². The molecule has 0 aliphatic carbocycles. The summed E-state index contributed by atoms with van der Waals surface area (Å²) in [5.41, 5.74) is 2.22. The standard InChI is InChI=1S/C19H16ClNO4/c20-14-3-4-15-17(10-14)25-11-13-2-1-12(9-16(13)18(15)22)19(23)21-5-7-24-8-6-21/h1-4,9-10H,5-8,11H2. The molecule has 128 valence electrons. The third kappa shape index (κ3) is 3.01. The lowest BCUT2D eigenvalue weighted by atomic mass is 9.96. The molecule has 5 nitrogen and oxygen atoms in total. The van der Waals surface area contributed by atoms with E-state index in [4.69, 9.17) is 21.1 Å². The second kappa shape index (κ2) is 6.50. The molecule has 0 N–H and O–H groups in total. The lowest BCUT2D eigenvalue weighted by Crippen LogP contribution is -2.40. The lowest BCUT2D eigenvalue weighted by Gasteiger charge is -2.27. The number of amides is 1. The van der Waals surface area contributed by atoms with Crippen molar-refractivity contribution in [2.45, 2.75) is 6.61 Å². The summed E-state index contributed by atoms with van der Waals surface area (Å²) in [6.07, 6.45) is 0. The smallest absolute Gasteiger partial charge is 0.254 e. The Bertz CT molecular complexity index is 858. The Morgan fingerprint density at radius 1 is 1.04 bits per heavy atom. The van der Waals surface area contributed by atoms with Crippen LogP contribution in [0.25, 0.3) is 0 Å². The van der Waals surface area contributed by atoms with E-state index >= 15 is 0 Å². The van der Waals surface area contributed by atoms with Crippen LogP contribution in [0.5, 0.6) is 5.75 Å². The SMILES string of the molecule is O=C1c2cc(C(=O)N3CCOCC3)ccc2COc2cc(Cl)ccc21. The van der Waals surface area contributed by atoms with Gasteiger partial charge in [0, 0.05) is 34.8 Å². The van der Waals surface area contributed by atoms with E-state index in [0.717, 1.165) is 5.56 Å². The van der Waals surface area contributed by atoms with Crippen LogP contribution in [-0.4, -0.2) is 42.9 Å². The molecule has 2 heterocycles. The van der Waals surface area contributed by atoms with Gasteiger partial charge in [-0.05, 0) is 30.3 Å². The Morgan fingerprint density at radius 3 is 2.64 bits per heavy atom. The predicted octanol–water partition coefficient (Wildman–Crippen LogP) is 2.94. The Labute approximate surface area is 150 Å². The van der Waals surface area contributed by atoms with Crippen molar-refractivity contribution in [2.75, 3.05) is 26.3 Å². The van der Waals surface area contributed by atoms with Crippen LogP contribution in [0.2, 0.25) is 5.02 Å². The molecule has 0 saturated carbocycles. The molecule has 0 unspecified atom stereocenters. The van der Waals surface area contributed by atoms with Crippen LogP contribution in [0.15, 0.2) is 36.4 Å². The van der Waals surface area contributed by atoms with Crippen LogP contribution in [-0.2, 0) is 11.3 Å². The fourth-order valence-corrected chi connectivity index (χ4v) is 3.26. The topological polar surface area (TPSA) is 55.8 Å². The van der Waals surface area contributed by atoms with Gasteiger partial charge in [0.1, 0.15) is 12.4 Å². The summed E-state index contributed by atoms with van der Waals surface area (Å²) in [5.74, 6) is 0.228. The van der Waals surface area contributed by atoms with Gasteiger partial charge in [-0.2, -0.15) is 0 Å². The van der Waals surface area contributed by atoms with Gasteiger partial charge in [-0.25, -0.2) is 0 Å². The van der Waals surface area contributed by atoms with E-state index in [1.165, 1.54) is 0 Å². The number of benzene rings is 2. The van der Waals surface area contributed by atoms with Crippen molar-refractivity contribution >= 4 is 23.3 Å². The molecule has 0 atom stereocenters. The van der Waals surface area contributed by atoms with Crippen molar-refractivity contribution in [1.29, 1.82) is 0 Å². The minimum absolute atomic E-state index is 0.0830. The number of carbonyl (C=O) groups is 2. The van der Waals surface area contributed by atoms with Gasteiger partial charge in [0.2, 0.25) is 0 Å². The Kier molecular flexibility index (Phi) is 4.19. The lowest BCUT2D eigenvalue weighted by molar-refractivity contribution is 0.0303. The van der Waals surface area contributed by atoms with Gasteiger partial charge in [0.05, 0.1) is 18.8 Å². The molecular formula is C19H16ClNO4. The average molecular weight is 358 g/mol. The monoisotopic (exact) mass is 357 g/mol. The van der Waals surface area contributed by atoms with E-state index in [1.807, 2.05) is 0 Å². The zero-order valence-electron chi connectivity index (χ0n) is 13.5. The molecule has 6 heteroatoms. The van der Waals surface area contributed by atoms with Crippen molar-refractivity contribution in [3.63, 3.8) is 0 Å². The third-order valence-corrected chi connectivity index (χ3v) is 4.71. The molecule has 0 radical (unpaired) electrons. The van der Waals surface area contributed by atoms with Crippen molar-refractivity contribution in [1.82, 2.24) is 4.90 Å². The highest BCUT2D eigenvalue weighted by molar-refractivity contribution is 6.31. The zero-order chi connectivity index (χ0) is 17.4. The molecule has 0 aromatic heterocycles. The number of morpholine rings is 1. The number of fused-ring (bicyclic) bond motifs is 2. The molecular weight excluding hydrogens is 342 g/mol. The van der Waals surface area contributed by atoms with E-state index in [-0.39, 0.29) is 18.3 Å². The van der Waals surface area contributed by atoms with Gasteiger partial charge >= 0.3 is 0 Å². The van der Waals surface area contributed by atoms with Crippen molar-refractivity contribution < 1.29 is 19.1 Å². The van der Waals surface area contributed by atoms with Crippen LogP contribution in [0.3, 0.4) is 0 Å². The quantitative estimate of drug-likeness (QED) is 0.787. The molecule has 4 rings (SSSR count). The van der Waals surface area contributed by atoms with Crippen molar-refractivity contribution in [2.24, 2.45) is 0 Å². The van der Waals surface area contributed by atoms with E-state index < -0.39 is 0 Å². The first-order valence-corrected chi connectivity index (χ1v) is 8.48. The summed E-state index contributed by atoms with van der Waals surface area (Å²) in [6, 6.07) is 10.2. The number of hydrogen-bond donors (Lipinski definition) is 0. The molecule has 2 aliphatic rings. The summed E-state index contributed by atoms with van der Waals surface area (Å²) >= 11 is 5.99. The Hall–Kier alpha value is -2.37. The number of ketones is 1. The molecule has 1 saturated heterocycles. The number of halogens is 1. The van der Waals surface area contributed by atoms with Gasteiger partial charge < -0.3 is 14.4 Å².